The Kier molecular flexibility index (Phi) is 4.39. The van der Waals surface area contributed by atoms with Crippen molar-refractivity contribution in [3.05, 3.63) is 52.7 Å². The molecule has 0 radical (unpaired) electrons. The molecule has 0 bridgehead atoms. The largest absolute Gasteiger partial charge is 0.465 e. The van der Waals surface area contributed by atoms with Crippen LogP contribution in [0.25, 0.3) is 11.3 Å². The minimum atomic E-state index is -0.488. The highest BCUT2D eigenvalue weighted by molar-refractivity contribution is 7.17. The summed E-state index contributed by atoms with van der Waals surface area (Å²) in [6, 6.07) is 10.9. The first-order valence-electron chi connectivity index (χ1n) is 6.97. The van der Waals surface area contributed by atoms with Crippen molar-refractivity contribution in [1.29, 1.82) is 0 Å². The number of carbonyl (C=O) groups excluding carboxylic acids is 2. The fraction of sp³-hybridized carbons (Fsp3) is 0.125. The van der Waals surface area contributed by atoms with E-state index in [-0.39, 0.29) is 5.69 Å². The fourth-order valence-electron chi connectivity index (χ4n) is 2.01. The van der Waals surface area contributed by atoms with E-state index in [2.05, 4.69) is 20.2 Å². The first kappa shape index (κ1) is 15.9. The van der Waals surface area contributed by atoms with E-state index in [0.29, 0.717) is 21.5 Å². The van der Waals surface area contributed by atoms with Crippen LogP contribution in [0.4, 0.5) is 5.13 Å². The van der Waals surface area contributed by atoms with Crippen LogP contribution >= 0.6 is 11.3 Å². The van der Waals surface area contributed by atoms with Crippen molar-refractivity contribution in [1.82, 2.24) is 10.1 Å². The second kappa shape index (κ2) is 6.63. The zero-order chi connectivity index (χ0) is 17.1. The van der Waals surface area contributed by atoms with Gasteiger partial charge >= 0.3 is 5.97 Å². The lowest BCUT2D eigenvalue weighted by molar-refractivity contribution is 0.0605. The molecule has 3 aromatic rings. The van der Waals surface area contributed by atoms with Gasteiger partial charge in [-0.2, -0.15) is 0 Å². The lowest BCUT2D eigenvalue weighted by Crippen LogP contribution is -2.11. The highest BCUT2D eigenvalue weighted by atomic mass is 32.1. The van der Waals surface area contributed by atoms with Crippen LogP contribution in [0.5, 0.6) is 0 Å². The molecule has 122 valence electrons. The maximum atomic E-state index is 12.2. The number of nitrogens with one attached hydrogen (secondary N) is 1. The highest BCUT2D eigenvalue weighted by Gasteiger charge is 2.19. The molecule has 7 nitrogen and oxygen atoms in total. The average molecular weight is 343 g/mol. The van der Waals surface area contributed by atoms with Gasteiger partial charge in [0.15, 0.2) is 16.6 Å². The van der Waals surface area contributed by atoms with Crippen LogP contribution in [-0.2, 0) is 4.74 Å². The normalized spacial score (nSPS) is 10.4. The van der Waals surface area contributed by atoms with Crippen molar-refractivity contribution < 1.29 is 18.8 Å². The van der Waals surface area contributed by atoms with Crippen LogP contribution in [0.1, 0.15) is 25.9 Å². The topological polar surface area (TPSA) is 94.3 Å². The van der Waals surface area contributed by atoms with E-state index in [4.69, 9.17) is 4.52 Å². The Morgan fingerprint density at radius 3 is 2.71 bits per heavy atom. The maximum Gasteiger partial charge on any atom is 0.350 e. The minimum Gasteiger partial charge on any atom is -0.465 e. The summed E-state index contributed by atoms with van der Waals surface area (Å²) in [5.74, 6) is -0.462. The average Bonchev–Trinajstić information content (AvgIpc) is 3.22. The molecule has 1 aromatic carbocycles. The summed E-state index contributed by atoms with van der Waals surface area (Å²) >= 11 is 1.04. The van der Waals surface area contributed by atoms with Gasteiger partial charge in [-0.15, -0.1) is 0 Å². The Labute approximate surface area is 141 Å². The number of hydrogen-bond acceptors (Lipinski definition) is 7. The number of anilines is 1. The number of methoxy groups -OCH3 is 1. The Morgan fingerprint density at radius 1 is 1.25 bits per heavy atom. The first-order chi connectivity index (χ1) is 11.6. The van der Waals surface area contributed by atoms with E-state index in [1.807, 2.05) is 30.3 Å². The number of thiazole rings is 1. The summed E-state index contributed by atoms with van der Waals surface area (Å²) in [5, 5.41) is 6.66. The van der Waals surface area contributed by atoms with Crippen LogP contribution < -0.4 is 5.32 Å². The molecular weight excluding hydrogens is 330 g/mol. The molecule has 0 aliphatic rings. The number of carbonyl (C=O) groups is 2. The number of benzene rings is 1. The standard InChI is InChI=1S/C16H13N3O4S/c1-9-13(15(21)22-2)24-16(17-9)18-14(20)11-8-12(23-19-11)10-6-4-3-5-7-10/h3-8H,1-2H3,(H,17,18,20). The Hall–Kier alpha value is -3.00. The molecule has 0 atom stereocenters. The van der Waals surface area contributed by atoms with Gasteiger partial charge in [0.25, 0.3) is 5.91 Å². The molecule has 1 amide bonds. The van der Waals surface area contributed by atoms with E-state index in [1.54, 1.807) is 13.0 Å². The zero-order valence-corrected chi connectivity index (χ0v) is 13.7. The quantitative estimate of drug-likeness (QED) is 0.731. The second-order valence-electron chi connectivity index (χ2n) is 4.82. The Balaban J connectivity index is 1.76. The number of amides is 1. The zero-order valence-electron chi connectivity index (χ0n) is 12.9. The number of rotatable bonds is 4. The molecule has 0 aliphatic carbocycles. The van der Waals surface area contributed by atoms with Crippen molar-refractivity contribution in [3.8, 4) is 11.3 Å². The van der Waals surface area contributed by atoms with Crippen LogP contribution in [0.3, 0.4) is 0 Å². The van der Waals surface area contributed by atoms with Crippen molar-refractivity contribution in [2.24, 2.45) is 0 Å². The highest BCUT2D eigenvalue weighted by Crippen LogP contribution is 2.24. The van der Waals surface area contributed by atoms with Crippen molar-refractivity contribution in [2.75, 3.05) is 12.4 Å². The van der Waals surface area contributed by atoms with Gasteiger partial charge < -0.3 is 9.26 Å². The number of aryl methyl sites for hydroxylation is 1. The molecule has 2 aromatic heterocycles. The third-order valence-electron chi connectivity index (χ3n) is 3.19. The lowest BCUT2D eigenvalue weighted by Gasteiger charge is -1.96. The van der Waals surface area contributed by atoms with Crippen molar-refractivity contribution in [3.63, 3.8) is 0 Å². The van der Waals surface area contributed by atoms with E-state index < -0.39 is 11.9 Å². The molecule has 0 fully saturated rings. The van der Waals surface area contributed by atoms with Crippen molar-refractivity contribution >= 4 is 28.3 Å². The Morgan fingerprint density at radius 2 is 2.00 bits per heavy atom. The predicted molar refractivity (Wildman–Crippen MR) is 88.1 cm³/mol. The number of nitrogens with zero attached hydrogens (tertiary/aromatic N) is 2. The molecule has 0 aliphatic heterocycles. The van der Waals surface area contributed by atoms with Crippen molar-refractivity contribution in [2.45, 2.75) is 6.92 Å². The van der Waals surface area contributed by atoms with Crippen LogP contribution in [0.2, 0.25) is 0 Å². The smallest absolute Gasteiger partial charge is 0.350 e. The predicted octanol–water partition coefficient (Wildman–Crippen LogP) is 3.15. The summed E-state index contributed by atoms with van der Waals surface area (Å²) in [5.41, 5.74) is 1.44. The SMILES string of the molecule is COC(=O)c1sc(NC(=O)c2cc(-c3ccccc3)on2)nc1C. The molecule has 0 spiro atoms. The van der Waals surface area contributed by atoms with E-state index >= 15 is 0 Å². The summed E-state index contributed by atoms with van der Waals surface area (Å²) in [4.78, 5) is 28.3. The molecule has 3 rings (SSSR count). The summed E-state index contributed by atoms with van der Waals surface area (Å²) < 4.78 is 9.86. The van der Waals surface area contributed by atoms with Gasteiger partial charge in [-0.1, -0.05) is 46.8 Å². The molecule has 0 unspecified atom stereocenters. The van der Waals surface area contributed by atoms with Gasteiger partial charge in [-0.3, -0.25) is 10.1 Å². The van der Waals surface area contributed by atoms with Crippen LogP contribution in [-0.4, -0.2) is 29.1 Å². The first-order valence-corrected chi connectivity index (χ1v) is 7.79. The lowest BCUT2D eigenvalue weighted by atomic mass is 10.1. The van der Waals surface area contributed by atoms with Gasteiger partial charge in [0, 0.05) is 11.6 Å². The molecule has 2 heterocycles. The monoisotopic (exact) mass is 343 g/mol. The van der Waals surface area contributed by atoms with Gasteiger partial charge in [0.1, 0.15) is 4.88 Å². The van der Waals surface area contributed by atoms with E-state index in [9.17, 15) is 9.59 Å². The fourth-order valence-corrected chi connectivity index (χ4v) is 2.89. The summed E-state index contributed by atoms with van der Waals surface area (Å²) in [6.07, 6.45) is 0. The third-order valence-corrected chi connectivity index (χ3v) is 4.24. The Bertz CT molecular complexity index is 886. The van der Waals surface area contributed by atoms with Gasteiger partial charge in [0.05, 0.1) is 12.8 Å². The van der Waals surface area contributed by atoms with Gasteiger partial charge in [-0.25, -0.2) is 9.78 Å². The number of aromatic nitrogens is 2. The molecule has 1 N–H and O–H groups in total. The number of hydrogen-bond donors (Lipinski definition) is 1. The van der Waals surface area contributed by atoms with Gasteiger partial charge in [-0.05, 0) is 6.92 Å². The van der Waals surface area contributed by atoms with E-state index in [1.165, 1.54) is 7.11 Å². The number of esters is 1. The number of ether oxygens (including phenoxy) is 1. The summed E-state index contributed by atoms with van der Waals surface area (Å²) in [6.45, 7) is 1.67. The molecule has 0 saturated carbocycles. The molecule has 0 saturated heterocycles. The molecule has 24 heavy (non-hydrogen) atoms. The summed E-state index contributed by atoms with van der Waals surface area (Å²) in [7, 11) is 1.29. The molecular formula is C16H13N3O4S. The maximum absolute atomic E-state index is 12.2. The van der Waals surface area contributed by atoms with Gasteiger partial charge in [0.2, 0.25) is 0 Å². The second-order valence-corrected chi connectivity index (χ2v) is 5.82. The van der Waals surface area contributed by atoms with E-state index in [0.717, 1.165) is 16.9 Å². The van der Waals surface area contributed by atoms with Crippen LogP contribution in [0, 0.1) is 6.92 Å². The minimum absolute atomic E-state index is 0.126. The van der Waals surface area contributed by atoms with Crippen LogP contribution in [0.15, 0.2) is 40.9 Å². The third kappa shape index (κ3) is 3.18. The molecule has 8 heteroatoms.